The highest BCUT2D eigenvalue weighted by Gasteiger charge is 2.24. The van der Waals surface area contributed by atoms with E-state index >= 15 is 0 Å². The summed E-state index contributed by atoms with van der Waals surface area (Å²) in [5, 5.41) is 8.94. The van der Waals surface area contributed by atoms with Crippen molar-refractivity contribution in [3.63, 3.8) is 0 Å². The smallest absolute Gasteiger partial charge is 0.148 e. The lowest BCUT2D eigenvalue weighted by Gasteiger charge is -2.31. The molecule has 0 bridgehead atoms. The Bertz CT molecular complexity index is 992. The van der Waals surface area contributed by atoms with Gasteiger partial charge in [0.15, 0.2) is 0 Å². The average Bonchev–Trinajstić information content (AvgIpc) is 3.20. The molecule has 0 spiro atoms. The highest BCUT2D eigenvalue weighted by Crippen LogP contribution is 2.34. The predicted molar refractivity (Wildman–Crippen MR) is 116 cm³/mol. The number of ether oxygens (including phenoxy) is 2. The Morgan fingerprint density at radius 2 is 1.97 bits per heavy atom. The molecule has 1 saturated carbocycles. The van der Waals surface area contributed by atoms with Gasteiger partial charge in [0.1, 0.15) is 17.9 Å². The first kappa shape index (κ1) is 19.1. The molecule has 8 nitrogen and oxygen atoms in total. The standard InChI is InChI=1S/C22H28N6O2/c1-27-7-6-22(26-27)25-16-2-4-18(5-3-16)30-21-13-17(28-8-10-29-11-9-28)12-20-19(21)14-23-15-24-20/h6-7,12-16,18H,2-5,8-11H2,1H3,(H,25,26). The number of nitrogens with zero attached hydrogens (tertiary/aromatic N) is 5. The zero-order chi connectivity index (χ0) is 20.3. The molecule has 1 aliphatic carbocycles. The second-order valence-corrected chi connectivity index (χ2v) is 8.11. The van der Waals surface area contributed by atoms with Gasteiger partial charge < -0.3 is 19.7 Å². The fourth-order valence-corrected chi connectivity index (χ4v) is 4.35. The third-order valence-corrected chi connectivity index (χ3v) is 5.98. The molecule has 2 fully saturated rings. The number of hydrogen-bond acceptors (Lipinski definition) is 7. The molecule has 1 aromatic carbocycles. The van der Waals surface area contributed by atoms with Crippen LogP contribution >= 0.6 is 0 Å². The first-order chi connectivity index (χ1) is 14.7. The zero-order valence-electron chi connectivity index (χ0n) is 17.3. The molecule has 1 saturated heterocycles. The molecular weight excluding hydrogens is 380 g/mol. The van der Waals surface area contributed by atoms with Crippen molar-refractivity contribution in [2.75, 3.05) is 36.5 Å². The van der Waals surface area contributed by atoms with Gasteiger partial charge in [-0.05, 0) is 31.7 Å². The van der Waals surface area contributed by atoms with E-state index in [1.807, 2.05) is 30.2 Å². The molecule has 3 heterocycles. The Kier molecular flexibility index (Phi) is 5.40. The maximum Gasteiger partial charge on any atom is 0.148 e. The minimum absolute atomic E-state index is 0.204. The summed E-state index contributed by atoms with van der Waals surface area (Å²) in [5.74, 6) is 1.83. The highest BCUT2D eigenvalue weighted by molar-refractivity contribution is 5.88. The van der Waals surface area contributed by atoms with Crippen molar-refractivity contribution in [1.82, 2.24) is 19.7 Å². The van der Waals surface area contributed by atoms with Crippen LogP contribution in [0.4, 0.5) is 11.5 Å². The molecule has 0 atom stereocenters. The molecule has 8 heteroatoms. The second kappa shape index (κ2) is 8.47. The molecule has 1 N–H and O–H groups in total. The Balaban J connectivity index is 1.29. The summed E-state index contributed by atoms with van der Waals surface area (Å²) < 4.78 is 13.8. The van der Waals surface area contributed by atoms with Crippen LogP contribution in [0.2, 0.25) is 0 Å². The third-order valence-electron chi connectivity index (χ3n) is 5.98. The number of fused-ring (bicyclic) bond motifs is 1. The first-order valence-corrected chi connectivity index (χ1v) is 10.7. The van der Waals surface area contributed by atoms with Gasteiger partial charge in [-0.2, -0.15) is 5.10 Å². The number of morpholine rings is 1. The molecule has 30 heavy (non-hydrogen) atoms. The van der Waals surface area contributed by atoms with Gasteiger partial charge in [0.05, 0.1) is 30.2 Å². The van der Waals surface area contributed by atoms with Gasteiger partial charge in [-0.15, -0.1) is 0 Å². The van der Waals surface area contributed by atoms with Crippen LogP contribution in [0, 0.1) is 0 Å². The number of rotatable bonds is 5. The molecule has 3 aromatic rings. The van der Waals surface area contributed by atoms with Gasteiger partial charge in [0.2, 0.25) is 0 Å². The van der Waals surface area contributed by atoms with E-state index in [0.717, 1.165) is 80.1 Å². The Morgan fingerprint density at radius 1 is 1.13 bits per heavy atom. The Hall–Kier alpha value is -2.87. The van der Waals surface area contributed by atoms with Crippen molar-refractivity contribution in [2.24, 2.45) is 7.05 Å². The van der Waals surface area contributed by atoms with Crippen molar-refractivity contribution in [2.45, 2.75) is 37.8 Å². The van der Waals surface area contributed by atoms with E-state index in [9.17, 15) is 0 Å². The summed E-state index contributed by atoms with van der Waals surface area (Å²) in [7, 11) is 1.94. The van der Waals surface area contributed by atoms with Gasteiger partial charge in [0.25, 0.3) is 0 Å². The van der Waals surface area contributed by atoms with E-state index in [1.54, 1.807) is 6.33 Å². The average molecular weight is 409 g/mol. The summed E-state index contributed by atoms with van der Waals surface area (Å²) in [6, 6.07) is 6.74. The first-order valence-electron chi connectivity index (χ1n) is 10.7. The van der Waals surface area contributed by atoms with Crippen LogP contribution in [0.15, 0.2) is 36.9 Å². The molecule has 2 aliphatic rings. The van der Waals surface area contributed by atoms with Crippen molar-refractivity contribution in [3.8, 4) is 5.75 Å². The summed E-state index contributed by atoms with van der Waals surface area (Å²) in [4.78, 5) is 11.0. The lowest BCUT2D eigenvalue weighted by Crippen LogP contribution is -2.36. The van der Waals surface area contributed by atoms with Crippen LogP contribution in [0.1, 0.15) is 25.7 Å². The Morgan fingerprint density at radius 3 is 2.73 bits per heavy atom. The SMILES string of the molecule is Cn1ccc(NC2CCC(Oc3cc(N4CCOCC4)cc4ncncc34)CC2)n1. The van der Waals surface area contributed by atoms with Crippen LogP contribution in [-0.4, -0.2) is 58.2 Å². The fourth-order valence-electron chi connectivity index (χ4n) is 4.35. The molecular formula is C22H28N6O2. The molecule has 158 valence electrons. The van der Waals surface area contributed by atoms with Gasteiger partial charge >= 0.3 is 0 Å². The largest absolute Gasteiger partial charge is 0.490 e. The third kappa shape index (κ3) is 4.18. The number of aryl methyl sites for hydroxylation is 1. The minimum Gasteiger partial charge on any atom is -0.490 e. The van der Waals surface area contributed by atoms with E-state index in [4.69, 9.17) is 9.47 Å². The highest BCUT2D eigenvalue weighted by atomic mass is 16.5. The number of nitrogens with one attached hydrogen (secondary N) is 1. The van der Waals surface area contributed by atoms with Crippen LogP contribution < -0.4 is 15.0 Å². The predicted octanol–water partition coefficient (Wildman–Crippen LogP) is 3.00. The lowest BCUT2D eigenvalue weighted by molar-refractivity contribution is 0.122. The van der Waals surface area contributed by atoms with E-state index in [-0.39, 0.29) is 6.10 Å². The van der Waals surface area contributed by atoms with Crippen LogP contribution in [0.3, 0.4) is 0 Å². The number of anilines is 2. The van der Waals surface area contributed by atoms with E-state index < -0.39 is 0 Å². The van der Waals surface area contributed by atoms with Crippen molar-refractivity contribution >= 4 is 22.4 Å². The monoisotopic (exact) mass is 408 g/mol. The normalized spacial score (nSPS) is 22.2. The van der Waals surface area contributed by atoms with Crippen molar-refractivity contribution in [3.05, 3.63) is 36.9 Å². The summed E-state index contributed by atoms with van der Waals surface area (Å²) >= 11 is 0. The van der Waals surface area contributed by atoms with Gasteiger partial charge in [-0.25, -0.2) is 9.97 Å². The topological polar surface area (TPSA) is 77.3 Å². The van der Waals surface area contributed by atoms with E-state index in [1.165, 1.54) is 0 Å². The van der Waals surface area contributed by atoms with Gasteiger partial charge in [0, 0.05) is 56.4 Å². The summed E-state index contributed by atoms with van der Waals surface area (Å²) in [6.45, 7) is 3.29. The van der Waals surface area contributed by atoms with Crippen LogP contribution in [0.5, 0.6) is 5.75 Å². The van der Waals surface area contributed by atoms with Crippen molar-refractivity contribution in [1.29, 1.82) is 0 Å². The lowest BCUT2D eigenvalue weighted by atomic mass is 9.93. The van der Waals surface area contributed by atoms with Crippen LogP contribution in [0.25, 0.3) is 10.9 Å². The Labute approximate surface area is 176 Å². The van der Waals surface area contributed by atoms with Gasteiger partial charge in [-0.1, -0.05) is 0 Å². The molecule has 5 rings (SSSR count). The number of benzene rings is 1. The second-order valence-electron chi connectivity index (χ2n) is 8.11. The van der Waals surface area contributed by atoms with Crippen LogP contribution in [-0.2, 0) is 11.8 Å². The molecule has 2 aromatic heterocycles. The number of hydrogen-bond donors (Lipinski definition) is 1. The molecule has 1 aliphatic heterocycles. The molecule has 0 unspecified atom stereocenters. The molecule has 0 amide bonds. The van der Waals surface area contributed by atoms with E-state index in [0.29, 0.717) is 6.04 Å². The van der Waals surface area contributed by atoms with Crippen molar-refractivity contribution < 1.29 is 9.47 Å². The minimum atomic E-state index is 0.204. The summed E-state index contributed by atoms with van der Waals surface area (Å²) in [6.07, 6.45) is 9.79. The van der Waals surface area contributed by atoms with Gasteiger partial charge in [-0.3, -0.25) is 4.68 Å². The van der Waals surface area contributed by atoms with E-state index in [2.05, 4.69) is 37.4 Å². The molecule has 0 radical (unpaired) electrons. The summed E-state index contributed by atoms with van der Waals surface area (Å²) in [5.41, 5.74) is 2.07. The zero-order valence-corrected chi connectivity index (χ0v) is 17.3. The maximum atomic E-state index is 6.52. The fraction of sp³-hybridized carbons (Fsp3) is 0.500. The quantitative estimate of drug-likeness (QED) is 0.695. The number of aromatic nitrogens is 4. The maximum absolute atomic E-state index is 6.52.